The fourth-order valence-electron chi connectivity index (χ4n) is 2.77. The van der Waals surface area contributed by atoms with Crippen LogP contribution < -0.4 is 4.90 Å². The van der Waals surface area contributed by atoms with Crippen LogP contribution in [-0.4, -0.2) is 24.8 Å². The van der Waals surface area contributed by atoms with Gasteiger partial charge in [0.2, 0.25) is 0 Å². The average molecular weight is 361 g/mol. The summed E-state index contributed by atoms with van der Waals surface area (Å²) in [4.78, 5) is 5.40. The Morgan fingerprint density at radius 1 is 1.26 bits per heavy atom. The van der Waals surface area contributed by atoms with E-state index in [2.05, 4.69) is 16.7 Å². The summed E-state index contributed by atoms with van der Waals surface area (Å²) >= 11 is 0. The van der Waals surface area contributed by atoms with Crippen molar-refractivity contribution < 1.29 is 9.84 Å². The van der Waals surface area contributed by atoms with Crippen LogP contribution in [-0.2, 0) is 4.74 Å². The Bertz CT molecular complexity index is 840. The molecule has 1 heterocycles. The summed E-state index contributed by atoms with van der Waals surface area (Å²) < 4.78 is 5.66. The van der Waals surface area contributed by atoms with Crippen LogP contribution in [0.4, 0.5) is 5.69 Å². The number of nitriles is 1. The molecular weight excluding hydrogens is 338 g/mol. The number of nitrogens with zero attached hydrogens (tertiary/aromatic N) is 3. The SMILES string of the molecule is [C-]#[N+]/C(C#N)=C1\C=C(C)OC(/C=C/c2ccc(N(CCC)CCO)cc2)=C1. The van der Waals surface area contributed by atoms with Crippen molar-refractivity contribution in [3.8, 4) is 6.07 Å². The molecule has 138 valence electrons. The van der Waals surface area contributed by atoms with E-state index in [1.807, 2.05) is 42.5 Å². The van der Waals surface area contributed by atoms with E-state index >= 15 is 0 Å². The van der Waals surface area contributed by atoms with Crippen LogP contribution in [0.15, 0.2) is 65.3 Å². The second-order valence-corrected chi connectivity index (χ2v) is 6.07. The van der Waals surface area contributed by atoms with Gasteiger partial charge < -0.3 is 14.7 Å². The number of hydrogen-bond donors (Lipinski definition) is 1. The third kappa shape index (κ3) is 5.60. The first kappa shape index (κ1) is 20.0. The molecule has 0 spiro atoms. The van der Waals surface area contributed by atoms with E-state index in [4.69, 9.17) is 16.6 Å². The number of allylic oxidation sites excluding steroid dienone is 6. The normalized spacial score (nSPS) is 15.3. The summed E-state index contributed by atoms with van der Waals surface area (Å²) in [6.07, 6.45) is 8.14. The van der Waals surface area contributed by atoms with Gasteiger partial charge in [0.25, 0.3) is 5.70 Å². The van der Waals surface area contributed by atoms with E-state index in [1.54, 1.807) is 19.1 Å². The summed E-state index contributed by atoms with van der Waals surface area (Å²) in [6, 6.07) is 9.99. The van der Waals surface area contributed by atoms with Gasteiger partial charge in [0, 0.05) is 18.8 Å². The number of benzene rings is 1. The number of aliphatic hydroxyl groups excluding tert-OH is 1. The van der Waals surface area contributed by atoms with E-state index < -0.39 is 0 Å². The van der Waals surface area contributed by atoms with Gasteiger partial charge in [-0.1, -0.05) is 25.1 Å². The zero-order valence-electron chi connectivity index (χ0n) is 15.6. The first-order valence-electron chi connectivity index (χ1n) is 8.85. The van der Waals surface area contributed by atoms with Gasteiger partial charge in [0.05, 0.1) is 19.2 Å². The molecule has 0 aromatic heterocycles. The molecule has 0 saturated carbocycles. The largest absolute Gasteiger partial charge is 0.462 e. The molecule has 5 heteroatoms. The lowest BCUT2D eigenvalue weighted by Gasteiger charge is -2.23. The monoisotopic (exact) mass is 361 g/mol. The Morgan fingerprint density at radius 3 is 2.59 bits per heavy atom. The van der Waals surface area contributed by atoms with Crippen molar-refractivity contribution in [1.29, 1.82) is 5.26 Å². The maximum atomic E-state index is 9.21. The second-order valence-electron chi connectivity index (χ2n) is 6.07. The van der Waals surface area contributed by atoms with E-state index in [0.717, 1.165) is 24.2 Å². The zero-order chi connectivity index (χ0) is 19.6. The standard InChI is InChI=1S/C22H23N3O2/c1-4-11-25(12-13-26)20-8-5-18(6-9-20)7-10-21-15-19(14-17(2)27-21)22(16-23)24-3/h5-10,14-15,26H,4,11-13H2,1-2H3/b10-7+,22-19+. The second kappa shape index (κ2) is 10.0. The molecule has 1 aliphatic heterocycles. The van der Waals surface area contributed by atoms with Crippen molar-refractivity contribution in [3.63, 3.8) is 0 Å². The highest BCUT2D eigenvalue weighted by Gasteiger charge is 2.10. The first-order valence-corrected chi connectivity index (χ1v) is 8.85. The highest BCUT2D eigenvalue weighted by molar-refractivity contribution is 5.59. The molecule has 2 rings (SSSR count). The highest BCUT2D eigenvalue weighted by Crippen LogP contribution is 2.24. The molecule has 0 fully saturated rings. The molecule has 1 N–H and O–H groups in total. The van der Waals surface area contributed by atoms with Crippen LogP contribution in [0, 0.1) is 17.9 Å². The fraction of sp³-hybridized carbons (Fsp3) is 0.273. The number of aliphatic hydroxyl groups is 1. The van der Waals surface area contributed by atoms with Gasteiger partial charge in [0.1, 0.15) is 11.5 Å². The van der Waals surface area contributed by atoms with Crippen molar-refractivity contribution in [2.45, 2.75) is 20.3 Å². The summed E-state index contributed by atoms with van der Waals surface area (Å²) in [6.45, 7) is 12.6. The topological polar surface area (TPSA) is 60.8 Å². The predicted octanol–water partition coefficient (Wildman–Crippen LogP) is 4.42. The Kier molecular flexibility index (Phi) is 7.43. The average Bonchev–Trinajstić information content (AvgIpc) is 2.67. The Hall–Kier alpha value is -3.28. The fourth-order valence-corrected chi connectivity index (χ4v) is 2.77. The quantitative estimate of drug-likeness (QED) is 0.577. The maximum Gasteiger partial charge on any atom is 0.269 e. The van der Waals surface area contributed by atoms with Gasteiger partial charge in [-0.2, -0.15) is 0 Å². The minimum absolute atomic E-state index is 0.0489. The molecule has 0 unspecified atom stereocenters. The molecule has 0 amide bonds. The maximum absolute atomic E-state index is 9.21. The van der Waals surface area contributed by atoms with Gasteiger partial charge >= 0.3 is 0 Å². The molecule has 1 aromatic carbocycles. The molecule has 1 aliphatic rings. The third-order valence-electron chi connectivity index (χ3n) is 3.99. The van der Waals surface area contributed by atoms with Gasteiger partial charge in [-0.05, 0) is 54.8 Å². The lowest BCUT2D eigenvalue weighted by atomic mass is 10.1. The van der Waals surface area contributed by atoms with Crippen LogP contribution in [0.2, 0.25) is 0 Å². The molecule has 27 heavy (non-hydrogen) atoms. The lowest BCUT2D eigenvalue weighted by Crippen LogP contribution is -2.27. The molecule has 0 radical (unpaired) electrons. The van der Waals surface area contributed by atoms with E-state index in [0.29, 0.717) is 23.6 Å². The predicted molar refractivity (Wildman–Crippen MR) is 107 cm³/mol. The van der Waals surface area contributed by atoms with Crippen molar-refractivity contribution >= 4 is 11.8 Å². The van der Waals surface area contributed by atoms with Gasteiger partial charge in [-0.15, -0.1) is 0 Å². The first-order chi connectivity index (χ1) is 13.1. The number of hydrogen-bond acceptors (Lipinski definition) is 4. The molecule has 0 atom stereocenters. The summed E-state index contributed by atoms with van der Waals surface area (Å²) in [5, 5.41) is 18.3. The molecule has 5 nitrogen and oxygen atoms in total. The van der Waals surface area contributed by atoms with Crippen LogP contribution in [0.3, 0.4) is 0 Å². The van der Waals surface area contributed by atoms with Crippen LogP contribution in [0.5, 0.6) is 0 Å². The third-order valence-corrected chi connectivity index (χ3v) is 3.99. The molecule has 1 aromatic rings. The number of rotatable bonds is 7. The summed E-state index contributed by atoms with van der Waals surface area (Å²) in [7, 11) is 0. The summed E-state index contributed by atoms with van der Waals surface area (Å²) in [5.41, 5.74) is 2.70. The van der Waals surface area contributed by atoms with Crippen molar-refractivity contribution in [2.75, 3.05) is 24.6 Å². The minimum atomic E-state index is 0.0489. The Balaban J connectivity index is 2.17. The van der Waals surface area contributed by atoms with Crippen molar-refractivity contribution in [1.82, 2.24) is 0 Å². The molecule has 0 saturated heterocycles. The number of ether oxygens (including phenoxy) is 1. The number of anilines is 1. The molecule has 0 aliphatic carbocycles. The van der Waals surface area contributed by atoms with E-state index in [9.17, 15) is 5.11 Å². The van der Waals surface area contributed by atoms with Crippen LogP contribution in [0.1, 0.15) is 25.8 Å². The Morgan fingerprint density at radius 2 is 2.00 bits per heavy atom. The zero-order valence-corrected chi connectivity index (χ0v) is 15.6. The highest BCUT2D eigenvalue weighted by atomic mass is 16.5. The van der Waals surface area contributed by atoms with Crippen LogP contribution >= 0.6 is 0 Å². The van der Waals surface area contributed by atoms with Gasteiger partial charge in [-0.25, -0.2) is 10.1 Å². The van der Waals surface area contributed by atoms with Crippen LogP contribution in [0.25, 0.3) is 10.9 Å². The smallest absolute Gasteiger partial charge is 0.269 e. The van der Waals surface area contributed by atoms with Crippen molar-refractivity contribution in [3.05, 3.63) is 82.3 Å². The lowest BCUT2D eigenvalue weighted by molar-refractivity contribution is 0.302. The Labute approximate surface area is 160 Å². The van der Waals surface area contributed by atoms with E-state index in [1.165, 1.54) is 0 Å². The minimum Gasteiger partial charge on any atom is -0.462 e. The van der Waals surface area contributed by atoms with Gasteiger partial charge in [0.15, 0.2) is 0 Å². The molecular formula is C22H23N3O2. The van der Waals surface area contributed by atoms with E-state index in [-0.39, 0.29) is 12.3 Å². The summed E-state index contributed by atoms with van der Waals surface area (Å²) in [5.74, 6) is 1.22. The molecule has 0 bridgehead atoms. The van der Waals surface area contributed by atoms with Crippen molar-refractivity contribution in [2.24, 2.45) is 0 Å². The van der Waals surface area contributed by atoms with Gasteiger partial charge in [-0.3, -0.25) is 0 Å².